The van der Waals surface area contributed by atoms with Crippen LogP contribution >= 0.6 is 11.3 Å². The van der Waals surface area contributed by atoms with Crippen LogP contribution in [0.3, 0.4) is 0 Å². The van der Waals surface area contributed by atoms with Gasteiger partial charge in [-0.05, 0) is 43.8 Å². The van der Waals surface area contributed by atoms with E-state index in [2.05, 4.69) is 54.9 Å². The molecule has 2 nitrogen and oxygen atoms in total. The van der Waals surface area contributed by atoms with Gasteiger partial charge in [0.1, 0.15) is 5.75 Å². The van der Waals surface area contributed by atoms with E-state index in [1.807, 2.05) is 11.3 Å². The topological polar surface area (TPSA) is 21.3 Å². The van der Waals surface area contributed by atoms with E-state index in [9.17, 15) is 0 Å². The van der Waals surface area contributed by atoms with Gasteiger partial charge in [0.05, 0.1) is 7.11 Å². The van der Waals surface area contributed by atoms with Crippen LogP contribution in [0.15, 0.2) is 35.7 Å². The molecule has 1 aromatic heterocycles. The molecule has 1 aromatic carbocycles. The first-order valence-corrected chi connectivity index (χ1v) is 8.03. The quantitative estimate of drug-likeness (QED) is 0.818. The number of hydrogen-bond donors (Lipinski definition) is 1. The molecule has 1 unspecified atom stereocenters. The molecule has 1 heterocycles. The van der Waals surface area contributed by atoms with Crippen LogP contribution in [0.2, 0.25) is 0 Å². The van der Waals surface area contributed by atoms with E-state index < -0.39 is 0 Å². The molecule has 0 radical (unpaired) electrons. The number of ether oxygens (including phenoxy) is 1. The summed E-state index contributed by atoms with van der Waals surface area (Å²) in [6, 6.07) is 11.1. The van der Waals surface area contributed by atoms with Crippen molar-refractivity contribution in [3.05, 3.63) is 51.7 Å². The molecule has 0 bridgehead atoms. The molecule has 0 aliphatic rings. The molecule has 0 saturated heterocycles. The summed E-state index contributed by atoms with van der Waals surface area (Å²) in [7, 11) is 1.75. The minimum Gasteiger partial charge on any atom is -0.496 e. The third-order valence-electron chi connectivity index (χ3n) is 3.47. The lowest BCUT2D eigenvalue weighted by molar-refractivity contribution is 0.396. The zero-order valence-corrected chi connectivity index (χ0v) is 13.3. The Balaban J connectivity index is 2.16. The van der Waals surface area contributed by atoms with Gasteiger partial charge in [0.2, 0.25) is 0 Å². The standard InChI is InChI=1S/C17H23NOS/c1-4-18-16(9-8-14-6-5-11-20-14)15-12-13(2)7-10-17(15)19-3/h5-7,10-12,16,18H,4,8-9H2,1-3H3. The van der Waals surface area contributed by atoms with Gasteiger partial charge in [0.15, 0.2) is 0 Å². The summed E-state index contributed by atoms with van der Waals surface area (Å²) in [4.78, 5) is 1.44. The highest BCUT2D eigenvalue weighted by Gasteiger charge is 2.15. The number of methoxy groups -OCH3 is 1. The van der Waals surface area contributed by atoms with E-state index in [4.69, 9.17) is 4.74 Å². The second-order valence-corrected chi connectivity index (χ2v) is 6.01. The minimum absolute atomic E-state index is 0.344. The van der Waals surface area contributed by atoms with E-state index in [1.165, 1.54) is 16.0 Å². The van der Waals surface area contributed by atoms with Gasteiger partial charge >= 0.3 is 0 Å². The summed E-state index contributed by atoms with van der Waals surface area (Å²) in [6.07, 6.45) is 2.20. The summed E-state index contributed by atoms with van der Waals surface area (Å²) in [5.41, 5.74) is 2.55. The first-order chi connectivity index (χ1) is 9.74. The molecule has 1 N–H and O–H groups in total. The lowest BCUT2D eigenvalue weighted by atomic mass is 9.98. The second-order valence-electron chi connectivity index (χ2n) is 4.97. The number of aryl methyl sites for hydroxylation is 2. The molecule has 0 aliphatic carbocycles. The molecule has 0 amide bonds. The molecule has 20 heavy (non-hydrogen) atoms. The lowest BCUT2D eigenvalue weighted by Gasteiger charge is -2.21. The lowest BCUT2D eigenvalue weighted by Crippen LogP contribution is -2.22. The number of nitrogens with one attached hydrogen (secondary N) is 1. The van der Waals surface area contributed by atoms with Crippen molar-refractivity contribution in [3.8, 4) is 5.75 Å². The smallest absolute Gasteiger partial charge is 0.123 e. The summed E-state index contributed by atoms with van der Waals surface area (Å²) in [5, 5.41) is 5.73. The van der Waals surface area contributed by atoms with Crippen molar-refractivity contribution < 1.29 is 4.74 Å². The monoisotopic (exact) mass is 289 g/mol. The molecule has 2 rings (SSSR count). The first kappa shape index (κ1) is 15.1. The minimum atomic E-state index is 0.344. The van der Waals surface area contributed by atoms with Crippen molar-refractivity contribution >= 4 is 11.3 Å². The highest BCUT2D eigenvalue weighted by molar-refractivity contribution is 7.09. The van der Waals surface area contributed by atoms with Gasteiger partial charge < -0.3 is 10.1 Å². The molecule has 0 saturated carbocycles. The Hall–Kier alpha value is -1.32. The van der Waals surface area contributed by atoms with Crippen LogP contribution in [0.1, 0.15) is 35.4 Å². The SMILES string of the molecule is CCNC(CCc1cccs1)c1cc(C)ccc1OC. The van der Waals surface area contributed by atoms with Crippen molar-refractivity contribution in [1.29, 1.82) is 0 Å². The van der Waals surface area contributed by atoms with Crippen molar-refractivity contribution in [1.82, 2.24) is 5.32 Å². The molecule has 0 spiro atoms. The van der Waals surface area contributed by atoms with Gasteiger partial charge in [0.25, 0.3) is 0 Å². The van der Waals surface area contributed by atoms with E-state index in [0.29, 0.717) is 6.04 Å². The van der Waals surface area contributed by atoms with Crippen LogP contribution in [0.5, 0.6) is 5.75 Å². The van der Waals surface area contributed by atoms with Crippen molar-refractivity contribution in [2.45, 2.75) is 32.7 Å². The average Bonchev–Trinajstić information content (AvgIpc) is 2.96. The maximum absolute atomic E-state index is 5.53. The number of benzene rings is 1. The summed E-state index contributed by atoms with van der Waals surface area (Å²) < 4.78 is 5.53. The molecule has 108 valence electrons. The van der Waals surface area contributed by atoms with Crippen LogP contribution in [0, 0.1) is 6.92 Å². The Bertz CT molecular complexity index is 522. The highest BCUT2D eigenvalue weighted by Crippen LogP contribution is 2.29. The van der Waals surface area contributed by atoms with E-state index in [1.54, 1.807) is 7.11 Å². The van der Waals surface area contributed by atoms with Gasteiger partial charge in [-0.25, -0.2) is 0 Å². The average molecular weight is 289 g/mol. The molecular weight excluding hydrogens is 266 g/mol. The fourth-order valence-electron chi connectivity index (χ4n) is 2.48. The Morgan fingerprint density at radius 2 is 2.15 bits per heavy atom. The molecule has 2 aromatic rings. The van der Waals surface area contributed by atoms with Crippen LogP contribution in [0.25, 0.3) is 0 Å². The molecule has 1 atom stereocenters. The second kappa shape index (κ2) is 7.46. The number of hydrogen-bond acceptors (Lipinski definition) is 3. The fraction of sp³-hybridized carbons (Fsp3) is 0.412. The fourth-order valence-corrected chi connectivity index (χ4v) is 3.21. The first-order valence-electron chi connectivity index (χ1n) is 7.15. The molecule has 3 heteroatoms. The van der Waals surface area contributed by atoms with E-state index in [-0.39, 0.29) is 0 Å². The van der Waals surface area contributed by atoms with Gasteiger partial charge in [0, 0.05) is 16.5 Å². The van der Waals surface area contributed by atoms with Gasteiger partial charge in [-0.15, -0.1) is 11.3 Å². The predicted molar refractivity (Wildman–Crippen MR) is 86.8 cm³/mol. The van der Waals surface area contributed by atoms with E-state index >= 15 is 0 Å². The largest absolute Gasteiger partial charge is 0.496 e. The zero-order chi connectivity index (χ0) is 14.4. The summed E-state index contributed by atoms with van der Waals surface area (Å²) in [6.45, 7) is 5.25. The third kappa shape index (κ3) is 3.84. The normalized spacial score (nSPS) is 12.3. The number of rotatable bonds is 7. The van der Waals surface area contributed by atoms with Crippen LogP contribution < -0.4 is 10.1 Å². The molecule has 0 fully saturated rings. The van der Waals surface area contributed by atoms with Crippen LogP contribution in [-0.4, -0.2) is 13.7 Å². The summed E-state index contributed by atoms with van der Waals surface area (Å²) in [5.74, 6) is 0.979. The van der Waals surface area contributed by atoms with Crippen molar-refractivity contribution in [3.63, 3.8) is 0 Å². The van der Waals surface area contributed by atoms with Crippen LogP contribution in [-0.2, 0) is 6.42 Å². The molecular formula is C17H23NOS. The predicted octanol–water partition coefficient (Wildman–Crippen LogP) is 4.35. The summed E-state index contributed by atoms with van der Waals surface area (Å²) >= 11 is 1.83. The van der Waals surface area contributed by atoms with Crippen LogP contribution in [0.4, 0.5) is 0 Å². The zero-order valence-electron chi connectivity index (χ0n) is 12.5. The Labute approximate surface area is 125 Å². The Morgan fingerprint density at radius 1 is 1.30 bits per heavy atom. The third-order valence-corrected chi connectivity index (χ3v) is 4.41. The van der Waals surface area contributed by atoms with Gasteiger partial charge in [-0.2, -0.15) is 0 Å². The van der Waals surface area contributed by atoms with Gasteiger partial charge in [-0.3, -0.25) is 0 Å². The maximum atomic E-state index is 5.53. The van der Waals surface area contributed by atoms with Gasteiger partial charge in [-0.1, -0.05) is 30.7 Å². The highest BCUT2D eigenvalue weighted by atomic mass is 32.1. The Kier molecular flexibility index (Phi) is 5.62. The van der Waals surface area contributed by atoms with Crippen molar-refractivity contribution in [2.24, 2.45) is 0 Å². The van der Waals surface area contributed by atoms with Crippen molar-refractivity contribution in [2.75, 3.05) is 13.7 Å². The maximum Gasteiger partial charge on any atom is 0.123 e. The Morgan fingerprint density at radius 3 is 2.80 bits per heavy atom. The molecule has 0 aliphatic heterocycles. The number of thiophene rings is 1. The van der Waals surface area contributed by atoms with E-state index in [0.717, 1.165) is 25.1 Å².